The number of benzene rings is 1. The van der Waals surface area contributed by atoms with Crippen molar-refractivity contribution in [1.29, 1.82) is 0 Å². The largest absolute Gasteiger partial charge is 0.370 e. The van der Waals surface area contributed by atoms with Crippen molar-refractivity contribution in [2.45, 2.75) is 44.0 Å². The van der Waals surface area contributed by atoms with E-state index in [-0.39, 0.29) is 23.5 Å². The molecule has 0 aliphatic heterocycles. The van der Waals surface area contributed by atoms with Crippen LogP contribution < -0.4 is 11.1 Å². The number of primary amides is 1. The molecule has 1 heterocycles. The van der Waals surface area contributed by atoms with Gasteiger partial charge in [-0.2, -0.15) is 0 Å². The van der Waals surface area contributed by atoms with Gasteiger partial charge in [0.15, 0.2) is 5.16 Å². The lowest BCUT2D eigenvalue weighted by atomic mass is 10.1. The van der Waals surface area contributed by atoms with Gasteiger partial charge in [-0.3, -0.25) is 9.59 Å². The minimum atomic E-state index is -0.376. The summed E-state index contributed by atoms with van der Waals surface area (Å²) in [7, 11) is 1.81. The van der Waals surface area contributed by atoms with Crippen molar-refractivity contribution in [2.75, 3.05) is 5.32 Å². The van der Waals surface area contributed by atoms with Crippen molar-refractivity contribution in [1.82, 2.24) is 14.8 Å². The van der Waals surface area contributed by atoms with Crippen molar-refractivity contribution < 1.29 is 9.59 Å². The Balaban J connectivity index is 2.00. The van der Waals surface area contributed by atoms with Crippen LogP contribution in [0.5, 0.6) is 0 Å². The molecule has 2 aromatic rings. The molecular weight excluding hydrogens is 338 g/mol. The maximum absolute atomic E-state index is 12.4. The Kier molecular flexibility index (Phi) is 6.19. The number of thioether (sulfide) groups is 1. The van der Waals surface area contributed by atoms with Gasteiger partial charge in [0, 0.05) is 25.6 Å². The van der Waals surface area contributed by atoms with Gasteiger partial charge >= 0.3 is 0 Å². The highest BCUT2D eigenvalue weighted by Crippen LogP contribution is 2.24. The number of amides is 2. The molecule has 3 N–H and O–H groups in total. The molecule has 25 heavy (non-hydrogen) atoms. The lowest BCUT2D eigenvalue weighted by Gasteiger charge is -2.13. The number of carbonyl (C=O) groups is 2. The summed E-state index contributed by atoms with van der Waals surface area (Å²) in [6, 6.07) is 5.90. The molecule has 0 radical (unpaired) electrons. The highest BCUT2D eigenvalue weighted by Gasteiger charge is 2.19. The molecule has 1 aromatic heterocycles. The molecule has 1 aromatic carbocycles. The minimum absolute atomic E-state index is 0.0985. The van der Waals surface area contributed by atoms with Gasteiger partial charge in [-0.1, -0.05) is 29.5 Å². The summed E-state index contributed by atoms with van der Waals surface area (Å²) < 4.78 is 1.79. The molecule has 0 bridgehead atoms. The van der Waals surface area contributed by atoms with Gasteiger partial charge in [-0.25, -0.2) is 0 Å². The van der Waals surface area contributed by atoms with Gasteiger partial charge in [0.2, 0.25) is 11.8 Å². The highest BCUT2D eigenvalue weighted by atomic mass is 32.2. The van der Waals surface area contributed by atoms with Crippen LogP contribution in [-0.2, 0) is 23.1 Å². The molecule has 0 saturated carbocycles. The van der Waals surface area contributed by atoms with E-state index >= 15 is 0 Å². The third kappa shape index (κ3) is 5.06. The predicted molar refractivity (Wildman–Crippen MR) is 98.4 cm³/mol. The highest BCUT2D eigenvalue weighted by molar-refractivity contribution is 8.00. The molecule has 0 fully saturated rings. The average Bonchev–Trinajstić information content (AvgIpc) is 2.88. The maximum Gasteiger partial charge on any atom is 0.237 e. The van der Waals surface area contributed by atoms with Crippen molar-refractivity contribution in [3.8, 4) is 0 Å². The molecule has 0 spiro atoms. The van der Waals surface area contributed by atoms with Gasteiger partial charge in [-0.05, 0) is 32.4 Å². The van der Waals surface area contributed by atoms with Gasteiger partial charge in [-0.15, -0.1) is 10.2 Å². The molecule has 2 rings (SSSR count). The second-order valence-electron chi connectivity index (χ2n) is 5.99. The summed E-state index contributed by atoms with van der Waals surface area (Å²) in [5.41, 5.74) is 8.15. The lowest BCUT2D eigenvalue weighted by molar-refractivity contribution is -0.118. The van der Waals surface area contributed by atoms with Crippen LogP contribution in [0.4, 0.5) is 5.69 Å². The van der Waals surface area contributed by atoms with Crippen molar-refractivity contribution in [2.24, 2.45) is 12.8 Å². The Hall–Kier alpha value is -2.35. The smallest absolute Gasteiger partial charge is 0.237 e. The number of aryl methyl sites for hydroxylation is 3. The Morgan fingerprint density at radius 1 is 1.32 bits per heavy atom. The molecule has 0 unspecified atom stereocenters. The molecule has 8 heteroatoms. The van der Waals surface area contributed by atoms with Crippen molar-refractivity contribution in [3.05, 3.63) is 35.2 Å². The molecule has 7 nitrogen and oxygen atoms in total. The third-order valence-electron chi connectivity index (χ3n) is 3.81. The van der Waals surface area contributed by atoms with Gasteiger partial charge in [0.1, 0.15) is 5.82 Å². The van der Waals surface area contributed by atoms with Gasteiger partial charge in [0.25, 0.3) is 0 Å². The zero-order chi connectivity index (χ0) is 18.6. The number of nitrogens with zero attached hydrogens (tertiary/aromatic N) is 3. The number of nitrogens with two attached hydrogens (primary N) is 1. The SMILES string of the molecule is Cc1ccc(NC(=O)[C@H](C)Sc2nnc(CCC(N)=O)n2C)c(C)c1. The second kappa shape index (κ2) is 8.15. The van der Waals surface area contributed by atoms with Crippen LogP contribution in [0, 0.1) is 13.8 Å². The first kappa shape index (κ1) is 19.0. The predicted octanol–water partition coefficient (Wildman–Crippen LogP) is 1.97. The summed E-state index contributed by atoms with van der Waals surface area (Å²) in [5.74, 6) is 0.195. The zero-order valence-electron chi connectivity index (χ0n) is 14.9. The number of nitrogens with one attached hydrogen (secondary N) is 1. The van der Waals surface area contributed by atoms with E-state index in [2.05, 4.69) is 15.5 Å². The van der Waals surface area contributed by atoms with Crippen LogP contribution in [0.15, 0.2) is 23.4 Å². The fourth-order valence-electron chi connectivity index (χ4n) is 2.30. The summed E-state index contributed by atoms with van der Waals surface area (Å²) in [5, 5.41) is 11.4. The van der Waals surface area contributed by atoms with E-state index in [9.17, 15) is 9.59 Å². The Morgan fingerprint density at radius 2 is 2.04 bits per heavy atom. The van der Waals surface area contributed by atoms with E-state index in [1.807, 2.05) is 46.0 Å². The topological polar surface area (TPSA) is 103 Å². The van der Waals surface area contributed by atoms with E-state index in [4.69, 9.17) is 5.73 Å². The number of carbonyl (C=O) groups excluding carboxylic acids is 2. The van der Waals surface area contributed by atoms with Crippen molar-refractivity contribution in [3.63, 3.8) is 0 Å². The molecule has 1 atom stereocenters. The summed E-state index contributed by atoms with van der Waals surface area (Å²) in [4.78, 5) is 23.3. The van der Waals surface area contributed by atoms with Crippen molar-refractivity contribution >= 4 is 29.3 Å². The van der Waals surface area contributed by atoms with Crippen LogP contribution in [0.1, 0.15) is 30.3 Å². The first-order chi connectivity index (χ1) is 11.8. The van der Waals surface area contributed by atoms with Crippen LogP contribution in [-0.4, -0.2) is 31.8 Å². The van der Waals surface area contributed by atoms with E-state index in [1.165, 1.54) is 11.8 Å². The summed E-state index contributed by atoms with van der Waals surface area (Å²) in [6.07, 6.45) is 0.655. The van der Waals surface area contributed by atoms with Crippen LogP contribution in [0.25, 0.3) is 0 Å². The number of aromatic nitrogens is 3. The standard InChI is InChI=1S/C17H23N5O2S/c1-10-5-6-13(11(2)9-10)19-16(24)12(3)25-17-21-20-15(22(17)4)8-7-14(18)23/h5-6,9,12H,7-8H2,1-4H3,(H2,18,23)(H,19,24)/t12-/m0/s1. The summed E-state index contributed by atoms with van der Waals surface area (Å²) in [6.45, 7) is 5.80. The fourth-order valence-corrected chi connectivity index (χ4v) is 3.13. The van der Waals surface area contributed by atoms with E-state index < -0.39 is 0 Å². The second-order valence-corrected chi connectivity index (χ2v) is 7.30. The molecule has 0 aliphatic carbocycles. The fraction of sp³-hybridized carbons (Fsp3) is 0.412. The Morgan fingerprint density at radius 3 is 2.68 bits per heavy atom. The van der Waals surface area contributed by atoms with Crippen LogP contribution in [0.3, 0.4) is 0 Å². The van der Waals surface area contributed by atoms with Crippen LogP contribution in [0.2, 0.25) is 0 Å². The normalized spacial score (nSPS) is 12.0. The van der Waals surface area contributed by atoms with E-state index in [1.54, 1.807) is 4.57 Å². The molecule has 0 saturated heterocycles. The molecule has 2 amide bonds. The first-order valence-corrected chi connectivity index (χ1v) is 8.87. The van der Waals surface area contributed by atoms with E-state index in [0.717, 1.165) is 16.8 Å². The lowest BCUT2D eigenvalue weighted by Crippen LogP contribution is -2.23. The van der Waals surface area contributed by atoms with Gasteiger partial charge < -0.3 is 15.6 Å². The number of hydrogen-bond acceptors (Lipinski definition) is 5. The Labute approximate surface area is 151 Å². The quantitative estimate of drug-likeness (QED) is 0.734. The maximum atomic E-state index is 12.4. The Bertz CT molecular complexity index is 787. The summed E-state index contributed by atoms with van der Waals surface area (Å²) >= 11 is 1.32. The molecule has 134 valence electrons. The third-order valence-corrected chi connectivity index (χ3v) is 4.95. The molecular formula is C17H23N5O2S. The number of rotatable bonds is 7. The first-order valence-electron chi connectivity index (χ1n) is 7.99. The minimum Gasteiger partial charge on any atom is -0.370 e. The molecule has 0 aliphatic rings. The average molecular weight is 361 g/mol. The number of hydrogen-bond donors (Lipinski definition) is 2. The monoisotopic (exact) mass is 361 g/mol. The van der Waals surface area contributed by atoms with Crippen LogP contribution >= 0.6 is 11.8 Å². The zero-order valence-corrected chi connectivity index (χ0v) is 15.7. The van der Waals surface area contributed by atoms with E-state index in [0.29, 0.717) is 17.4 Å². The number of anilines is 1. The van der Waals surface area contributed by atoms with Gasteiger partial charge in [0.05, 0.1) is 5.25 Å².